The van der Waals surface area contributed by atoms with E-state index < -0.39 is 0 Å². The zero-order valence-electron chi connectivity index (χ0n) is 11.0. The summed E-state index contributed by atoms with van der Waals surface area (Å²) in [5.41, 5.74) is 1.93. The molecule has 3 heteroatoms. The first-order chi connectivity index (χ1) is 8.02. The maximum atomic E-state index is 11.6. The smallest absolute Gasteiger partial charge is 0.411 e. The van der Waals surface area contributed by atoms with Gasteiger partial charge in [-0.25, -0.2) is 4.79 Å². The maximum Gasteiger partial charge on any atom is 0.411 e. The molecule has 0 spiro atoms. The van der Waals surface area contributed by atoms with Crippen molar-refractivity contribution in [3.05, 3.63) is 29.8 Å². The SMILES string of the molecule is CCC(OC(=O)Nc1ccc(C)cc1)C(C)C. The van der Waals surface area contributed by atoms with E-state index in [0.29, 0.717) is 5.92 Å². The van der Waals surface area contributed by atoms with Crippen molar-refractivity contribution in [2.45, 2.75) is 40.2 Å². The predicted octanol–water partition coefficient (Wildman–Crippen LogP) is 3.98. The van der Waals surface area contributed by atoms with Gasteiger partial charge in [0, 0.05) is 5.69 Å². The first kappa shape index (κ1) is 13.6. The molecule has 17 heavy (non-hydrogen) atoms. The molecule has 1 rings (SSSR count). The van der Waals surface area contributed by atoms with Crippen molar-refractivity contribution in [2.24, 2.45) is 5.92 Å². The Bertz CT molecular complexity index is 357. The molecular weight excluding hydrogens is 214 g/mol. The minimum atomic E-state index is -0.380. The van der Waals surface area contributed by atoms with Crippen LogP contribution in [-0.4, -0.2) is 12.2 Å². The maximum absolute atomic E-state index is 11.6. The number of hydrogen-bond acceptors (Lipinski definition) is 2. The summed E-state index contributed by atoms with van der Waals surface area (Å²) in [7, 11) is 0. The van der Waals surface area contributed by atoms with Crippen molar-refractivity contribution in [3.63, 3.8) is 0 Å². The first-order valence-corrected chi connectivity index (χ1v) is 6.07. The summed E-state index contributed by atoms with van der Waals surface area (Å²) in [6.45, 7) is 8.12. The molecule has 1 atom stereocenters. The Kier molecular flexibility index (Phi) is 5.01. The van der Waals surface area contributed by atoms with Crippen LogP contribution in [0, 0.1) is 12.8 Å². The highest BCUT2D eigenvalue weighted by Gasteiger charge is 2.15. The number of anilines is 1. The monoisotopic (exact) mass is 235 g/mol. The minimum Gasteiger partial charge on any atom is -0.446 e. The zero-order chi connectivity index (χ0) is 12.8. The second kappa shape index (κ2) is 6.28. The lowest BCUT2D eigenvalue weighted by Gasteiger charge is -2.19. The van der Waals surface area contributed by atoms with Crippen molar-refractivity contribution in [3.8, 4) is 0 Å². The largest absolute Gasteiger partial charge is 0.446 e. The Hall–Kier alpha value is -1.51. The summed E-state index contributed by atoms with van der Waals surface area (Å²) in [5.74, 6) is 0.337. The van der Waals surface area contributed by atoms with Crippen LogP contribution >= 0.6 is 0 Å². The van der Waals surface area contributed by atoms with Crippen molar-refractivity contribution >= 4 is 11.8 Å². The van der Waals surface area contributed by atoms with Crippen LogP contribution in [0.4, 0.5) is 10.5 Å². The lowest BCUT2D eigenvalue weighted by Crippen LogP contribution is -2.26. The van der Waals surface area contributed by atoms with Gasteiger partial charge in [0.2, 0.25) is 0 Å². The minimum absolute atomic E-state index is 0.0274. The van der Waals surface area contributed by atoms with Gasteiger partial charge >= 0.3 is 6.09 Å². The van der Waals surface area contributed by atoms with Gasteiger partial charge in [-0.15, -0.1) is 0 Å². The molecule has 3 nitrogen and oxygen atoms in total. The van der Waals surface area contributed by atoms with E-state index in [9.17, 15) is 4.79 Å². The predicted molar refractivity (Wildman–Crippen MR) is 70.2 cm³/mol. The number of hydrogen-bond donors (Lipinski definition) is 1. The molecule has 1 aromatic rings. The first-order valence-electron chi connectivity index (χ1n) is 6.07. The number of amides is 1. The average Bonchev–Trinajstić information content (AvgIpc) is 2.28. The van der Waals surface area contributed by atoms with E-state index in [-0.39, 0.29) is 12.2 Å². The zero-order valence-corrected chi connectivity index (χ0v) is 11.0. The van der Waals surface area contributed by atoms with Crippen LogP contribution in [0.25, 0.3) is 0 Å². The van der Waals surface area contributed by atoms with Crippen LogP contribution in [0.5, 0.6) is 0 Å². The molecule has 1 amide bonds. The molecule has 0 heterocycles. The van der Waals surface area contributed by atoms with E-state index >= 15 is 0 Å². The Balaban J connectivity index is 2.52. The van der Waals surface area contributed by atoms with Gasteiger partial charge < -0.3 is 4.74 Å². The van der Waals surface area contributed by atoms with Gasteiger partial charge in [-0.05, 0) is 31.4 Å². The lowest BCUT2D eigenvalue weighted by molar-refractivity contribution is 0.0798. The number of rotatable bonds is 4. The quantitative estimate of drug-likeness (QED) is 0.857. The molecule has 1 N–H and O–H groups in total. The van der Waals surface area contributed by atoms with E-state index in [1.807, 2.05) is 52.0 Å². The van der Waals surface area contributed by atoms with E-state index in [4.69, 9.17) is 4.74 Å². The number of aryl methyl sites for hydroxylation is 1. The van der Waals surface area contributed by atoms with Crippen LogP contribution in [-0.2, 0) is 4.74 Å². The Morgan fingerprint density at radius 2 is 1.88 bits per heavy atom. The highest BCUT2D eigenvalue weighted by Crippen LogP contribution is 2.13. The Labute approximate surface area is 103 Å². The third kappa shape index (κ3) is 4.47. The molecule has 1 unspecified atom stereocenters. The van der Waals surface area contributed by atoms with Gasteiger partial charge in [-0.3, -0.25) is 5.32 Å². The highest BCUT2D eigenvalue weighted by atomic mass is 16.6. The Morgan fingerprint density at radius 1 is 1.29 bits per heavy atom. The number of ether oxygens (including phenoxy) is 1. The lowest BCUT2D eigenvalue weighted by atomic mass is 10.1. The number of nitrogens with one attached hydrogen (secondary N) is 1. The third-order valence-corrected chi connectivity index (χ3v) is 2.70. The van der Waals surface area contributed by atoms with Gasteiger partial charge in [0.1, 0.15) is 6.10 Å². The molecular formula is C14H21NO2. The van der Waals surface area contributed by atoms with Crippen molar-refractivity contribution in [1.82, 2.24) is 0 Å². The fraction of sp³-hybridized carbons (Fsp3) is 0.500. The van der Waals surface area contributed by atoms with Crippen molar-refractivity contribution in [1.29, 1.82) is 0 Å². The van der Waals surface area contributed by atoms with Crippen LogP contribution in [0.15, 0.2) is 24.3 Å². The highest BCUT2D eigenvalue weighted by molar-refractivity contribution is 5.84. The summed E-state index contributed by atoms with van der Waals surface area (Å²) in [5, 5.41) is 2.73. The molecule has 0 aliphatic rings. The fourth-order valence-corrected chi connectivity index (χ4v) is 1.61. The molecule has 0 radical (unpaired) electrons. The van der Waals surface area contributed by atoms with Crippen molar-refractivity contribution in [2.75, 3.05) is 5.32 Å². The normalized spacial score (nSPS) is 12.3. The molecule has 0 bridgehead atoms. The van der Waals surface area contributed by atoms with Crippen LogP contribution in [0.2, 0.25) is 0 Å². The number of benzene rings is 1. The van der Waals surface area contributed by atoms with Gasteiger partial charge in [0.15, 0.2) is 0 Å². The standard InChI is InChI=1S/C14H21NO2/c1-5-13(10(2)3)17-14(16)15-12-8-6-11(4)7-9-12/h6-10,13H,5H2,1-4H3,(H,15,16). The van der Waals surface area contributed by atoms with Crippen molar-refractivity contribution < 1.29 is 9.53 Å². The molecule has 0 aliphatic carbocycles. The van der Waals surface area contributed by atoms with Crippen LogP contribution < -0.4 is 5.32 Å². The van der Waals surface area contributed by atoms with E-state index in [0.717, 1.165) is 17.7 Å². The van der Waals surface area contributed by atoms with E-state index in [2.05, 4.69) is 5.32 Å². The van der Waals surface area contributed by atoms with E-state index in [1.165, 1.54) is 0 Å². The van der Waals surface area contributed by atoms with Gasteiger partial charge in [0.05, 0.1) is 0 Å². The second-order valence-corrected chi connectivity index (χ2v) is 4.59. The van der Waals surface area contributed by atoms with Gasteiger partial charge in [0.25, 0.3) is 0 Å². The fourth-order valence-electron chi connectivity index (χ4n) is 1.61. The molecule has 0 aliphatic heterocycles. The second-order valence-electron chi connectivity index (χ2n) is 4.59. The molecule has 94 valence electrons. The Morgan fingerprint density at radius 3 is 2.35 bits per heavy atom. The number of carbonyl (C=O) groups is 1. The molecule has 0 saturated heterocycles. The topological polar surface area (TPSA) is 38.3 Å². The third-order valence-electron chi connectivity index (χ3n) is 2.70. The average molecular weight is 235 g/mol. The molecule has 0 aromatic heterocycles. The molecule has 0 fully saturated rings. The van der Waals surface area contributed by atoms with Gasteiger partial charge in [-0.1, -0.05) is 38.5 Å². The number of carbonyl (C=O) groups excluding carboxylic acids is 1. The van der Waals surface area contributed by atoms with Crippen LogP contribution in [0.3, 0.4) is 0 Å². The van der Waals surface area contributed by atoms with Crippen LogP contribution in [0.1, 0.15) is 32.8 Å². The summed E-state index contributed by atoms with van der Waals surface area (Å²) in [6.07, 6.45) is 0.425. The van der Waals surface area contributed by atoms with Gasteiger partial charge in [-0.2, -0.15) is 0 Å². The summed E-state index contributed by atoms with van der Waals surface area (Å²) >= 11 is 0. The molecule has 0 saturated carbocycles. The molecule has 1 aromatic carbocycles. The summed E-state index contributed by atoms with van der Waals surface area (Å²) < 4.78 is 5.35. The van der Waals surface area contributed by atoms with E-state index in [1.54, 1.807) is 0 Å². The summed E-state index contributed by atoms with van der Waals surface area (Å²) in [6, 6.07) is 7.64. The summed E-state index contributed by atoms with van der Waals surface area (Å²) in [4.78, 5) is 11.6.